The van der Waals surface area contributed by atoms with Gasteiger partial charge in [-0.25, -0.2) is 9.78 Å². The summed E-state index contributed by atoms with van der Waals surface area (Å²) in [6, 6.07) is 11.9. The Kier molecular flexibility index (Phi) is 7.51. The first-order valence-electron chi connectivity index (χ1n) is 11.1. The highest BCUT2D eigenvalue weighted by Gasteiger charge is 2.31. The molecule has 190 valence electrons. The van der Waals surface area contributed by atoms with E-state index < -0.39 is 24.4 Å². The van der Waals surface area contributed by atoms with Gasteiger partial charge in [0.05, 0.1) is 12.1 Å². The van der Waals surface area contributed by atoms with Crippen LogP contribution in [0.3, 0.4) is 0 Å². The van der Waals surface area contributed by atoms with E-state index in [1.807, 2.05) is 24.3 Å². The molecule has 2 heterocycles. The molecule has 2 N–H and O–H groups in total. The molecule has 1 aliphatic heterocycles. The smallest absolute Gasteiger partial charge is 0.416 e. The molecule has 2 aromatic carbocycles. The number of carboxylic acid groups (broad SMARTS) is 1. The molecule has 3 aromatic rings. The van der Waals surface area contributed by atoms with Crippen LogP contribution in [0.1, 0.15) is 11.1 Å². The van der Waals surface area contributed by atoms with E-state index in [1.54, 1.807) is 0 Å². The maximum atomic E-state index is 13.1. The molecule has 0 unspecified atom stereocenters. The van der Waals surface area contributed by atoms with Crippen molar-refractivity contribution in [1.82, 2.24) is 14.9 Å². The number of alkyl halides is 3. The number of aromatic nitrogens is 2. The molecule has 0 aliphatic carbocycles. The van der Waals surface area contributed by atoms with Gasteiger partial charge >= 0.3 is 12.3 Å². The van der Waals surface area contributed by atoms with E-state index >= 15 is 0 Å². The summed E-state index contributed by atoms with van der Waals surface area (Å²) in [6.45, 7) is 3.44. The molecule has 12 heteroatoms. The van der Waals surface area contributed by atoms with Gasteiger partial charge in [0.25, 0.3) is 0 Å². The fraction of sp³-hybridized carbons (Fsp3) is 0.292. The summed E-state index contributed by atoms with van der Waals surface area (Å²) in [6.07, 6.45) is -4.61. The van der Waals surface area contributed by atoms with E-state index in [0.29, 0.717) is 5.69 Å². The van der Waals surface area contributed by atoms with Crippen LogP contribution in [-0.2, 0) is 12.7 Å². The standard InChI is InChI=1S/C24H24ClF3N6O2/c1-32-10-12-33(13-11-32)19-5-3-18(4-6-19)30-22-29-9-8-21(31-22)34(23(35)36)15-16-14-17(24(26,27)28)2-7-20(16)25/h2-9,14H,10-13,15H2,1H3,(H,35,36)(H,29,30,31). The fourth-order valence-electron chi connectivity index (χ4n) is 3.80. The van der Waals surface area contributed by atoms with Gasteiger partial charge in [0.2, 0.25) is 5.95 Å². The number of hydrogen-bond donors (Lipinski definition) is 2. The predicted molar refractivity (Wildman–Crippen MR) is 132 cm³/mol. The van der Waals surface area contributed by atoms with E-state index in [1.165, 1.54) is 12.3 Å². The Balaban J connectivity index is 1.50. The second-order valence-electron chi connectivity index (χ2n) is 8.37. The number of nitrogens with one attached hydrogen (secondary N) is 1. The third-order valence-corrected chi connectivity index (χ3v) is 6.21. The Morgan fingerprint density at radius 3 is 2.44 bits per heavy atom. The number of hydrogen-bond acceptors (Lipinski definition) is 6. The third kappa shape index (κ3) is 6.16. The van der Waals surface area contributed by atoms with Crippen molar-refractivity contribution in [2.45, 2.75) is 12.7 Å². The predicted octanol–water partition coefficient (Wildman–Crippen LogP) is 5.33. The highest BCUT2D eigenvalue weighted by atomic mass is 35.5. The van der Waals surface area contributed by atoms with Gasteiger partial charge in [0.1, 0.15) is 5.82 Å². The molecule has 4 rings (SSSR count). The van der Waals surface area contributed by atoms with Crippen LogP contribution in [0.25, 0.3) is 0 Å². The number of halogens is 4. The molecule has 1 aromatic heterocycles. The van der Waals surface area contributed by atoms with Crippen LogP contribution in [0.4, 0.5) is 41.1 Å². The van der Waals surface area contributed by atoms with Crippen molar-refractivity contribution in [3.05, 3.63) is 70.9 Å². The quantitative estimate of drug-likeness (QED) is 0.454. The number of nitrogens with zero attached hydrogens (tertiary/aromatic N) is 5. The van der Waals surface area contributed by atoms with Crippen LogP contribution >= 0.6 is 11.6 Å². The topological polar surface area (TPSA) is 84.8 Å². The minimum atomic E-state index is -4.58. The van der Waals surface area contributed by atoms with E-state index in [2.05, 4.69) is 32.1 Å². The fourth-order valence-corrected chi connectivity index (χ4v) is 3.98. The van der Waals surface area contributed by atoms with Gasteiger partial charge in [-0.2, -0.15) is 18.2 Å². The van der Waals surface area contributed by atoms with E-state index in [-0.39, 0.29) is 22.4 Å². The van der Waals surface area contributed by atoms with Crippen molar-refractivity contribution in [2.75, 3.05) is 48.3 Å². The lowest BCUT2D eigenvalue weighted by molar-refractivity contribution is -0.137. The molecule has 0 spiro atoms. The molecule has 1 aliphatic rings. The highest BCUT2D eigenvalue weighted by molar-refractivity contribution is 6.31. The molecule has 1 saturated heterocycles. The van der Waals surface area contributed by atoms with Gasteiger partial charge in [0, 0.05) is 48.8 Å². The monoisotopic (exact) mass is 520 g/mol. The number of rotatable bonds is 6. The van der Waals surface area contributed by atoms with E-state index in [0.717, 1.165) is 55.0 Å². The first-order chi connectivity index (χ1) is 17.1. The molecule has 1 amide bonds. The lowest BCUT2D eigenvalue weighted by atomic mass is 10.1. The van der Waals surface area contributed by atoms with Crippen LogP contribution in [-0.4, -0.2) is 59.3 Å². The summed E-state index contributed by atoms with van der Waals surface area (Å²) in [7, 11) is 2.10. The molecule has 36 heavy (non-hydrogen) atoms. The Hall–Kier alpha value is -3.57. The summed E-state index contributed by atoms with van der Waals surface area (Å²) in [4.78, 5) is 25.7. The SMILES string of the molecule is CN1CCN(c2ccc(Nc3nccc(N(Cc4cc(C(F)(F)F)ccc4Cl)C(=O)O)n3)cc2)CC1. The summed E-state index contributed by atoms with van der Waals surface area (Å²) in [5.74, 6) is 0.128. The maximum Gasteiger partial charge on any atom is 0.416 e. The molecule has 0 radical (unpaired) electrons. The maximum absolute atomic E-state index is 13.1. The summed E-state index contributed by atoms with van der Waals surface area (Å²) in [5, 5.41) is 12.8. The summed E-state index contributed by atoms with van der Waals surface area (Å²) in [5.41, 5.74) is 0.880. The molecule has 0 bridgehead atoms. The van der Waals surface area contributed by atoms with Crippen molar-refractivity contribution in [1.29, 1.82) is 0 Å². The van der Waals surface area contributed by atoms with Crippen LogP contribution in [0.5, 0.6) is 0 Å². The molecular weight excluding hydrogens is 497 g/mol. The van der Waals surface area contributed by atoms with Crippen LogP contribution in [0, 0.1) is 0 Å². The van der Waals surface area contributed by atoms with Gasteiger partial charge in [-0.1, -0.05) is 11.6 Å². The highest BCUT2D eigenvalue weighted by Crippen LogP contribution is 2.32. The van der Waals surface area contributed by atoms with Gasteiger partial charge in [-0.05, 0) is 61.1 Å². The van der Waals surface area contributed by atoms with Gasteiger partial charge < -0.3 is 20.2 Å². The second-order valence-corrected chi connectivity index (χ2v) is 8.78. The number of piperazine rings is 1. The van der Waals surface area contributed by atoms with Crippen LogP contribution in [0.2, 0.25) is 5.02 Å². The molecule has 0 saturated carbocycles. The average molecular weight is 521 g/mol. The molecule has 8 nitrogen and oxygen atoms in total. The van der Waals surface area contributed by atoms with Crippen molar-refractivity contribution >= 4 is 40.8 Å². The number of benzene rings is 2. The Bertz CT molecular complexity index is 1220. The average Bonchev–Trinajstić information content (AvgIpc) is 2.84. The van der Waals surface area contributed by atoms with E-state index in [9.17, 15) is 23.1 Å². The second kappa shape index (κ2) is 10.6. The summed E-state index contributed by atoms with van der Waals surface area (Å²) >= 11 is 6.06. The van der Waals surface area contributed by atoms with Gasteiger partial charge in [-0.3, -0.25) is 4.90 Å². The Morgan fingerprint density at radius 2 is 1.81 bits per heavy atom. The van der Waals surface area contributed by atoms with Crippen molar-refractivity contribution in [2.24, 2.45) is 0 Å². The largest absolute Gasteiger partial charge is 0.465 e. The minimum Gasteiger partial charge on any atom is -0.465 e. The first-order valence-corrected chi connectivity index (χ1v) is 11.5. The van der Waals surface area contributed by atoms with Crippen LogP contribution < -0.4 is 15.1 Å². The minimum absolute atomic E-state index is 0.00140. The Morgan fingerprint density at radius 1 is 1.11 bits per heavy atom. The zero-order valence-electron chi connectivity index (χ0n) is 19.3. The van der Waals surface area contributed by atoms with Gasteiger partial charge in [-0.15, -0.1) is 0 Å². The zero-order valence-corrected chi connectivity index (χ0v) is 20.1. The normalized spacial score (nSPS) is 14.5. The first kappa shape index (κ1) is 25.5. The van der Waals surface area contributed by atoms with E-state index in [4.69, 9.17) is 11.6 Å². The van der Waals surface area contributed by atoms with Crippen molar-refractivity contribution < 1.29 is 23.1 Å². The molecule has 1 fully saturated rings. The lowest BCUT2D eigenvalue weighted by Crippen LogP contribution is -2.44. The lowest BCUT2D eigenvalue weighted by Gasteiger charge is -2.34. The number of carbonyl (C=O) groups is 1. The number of amides is 1. The third-order valence-electron chi connectivity index (χ3n) is 5.84. The Labute approximate surface area is 210 Å². The van der Waals surface area contributed by atoms with Crippen LogP contribution in [0.15, 0.2) is 54.7 Å². The van der Waals surface area contributed by atoms with Crippen molar-refractivity contribution in [3.63, 3.8) is 0 Å². The molecule has 0 atom stereocenters. The summed E-state index contributed by atoms with van der Waals surface area (Å²) < 4.78 is 39.4. The van der Waals surface area contributed by atoms with Crippen molar-refractivity contribution in [3.8, 4) is 0 Å². The zero-order chi connectivity index (χ0) is 25.9. The van der Waals surface area contributed by atoms with Gasteiger partial charge in [0.15, 0.2) is 0 Å². The number of anilines is 4. The number of likely N-dealkylation sites (N-methyl/N-ethyl adjacent to an activating group) is 1. The molecular formula is C24H24ClF3N6O2.